The molecular weight excluding hydrogens is 268 g/mol. The molecule has 0 radical (unpaired) electrons. The van der Waals surface area contributed by atoms with Gasteiger partial charge in [0.1, 0.15) is 12.4 Å². The molecule has 1 aromatic carbocycles. The SMILES string of the molecule is COCCOc1ccc(C(=O)NC2CCCC2CN)cc1. The first-order chi connectivity index (χ1) is 10.2. The smallest absolute Gasteiger partial charge is 0.251 e. The molecular formula is C16H24N2O3. The second kappa shape index (κ2) is 8.00. The van der Waals surface area contributed by atoms with Gasteiger partial charge in [-0.25, -0.2) is 0 Å². The Morgan fingerprint density at radius 2 is 2.05 bits per heavy atom. The van der Waals surface area contributed by atoms with Crippen molar-refractivity contribution in [3.63, 3.8) is 0 Å². The number of amides is 1. The number of methoxy groups -OCH3 is 1. The molecule has 116 valence electrons. The average molecular weight is 292 g/mol. The maximum absolute atomic E-state index is 12.2. The van der Waals surface area contributed by atoms with Gasteiger partial charge in [0, 0.05) is 18.7 Å². The van der Waals surface area contributed by atoms with Crippen LogP contribution in [0.15, 0.2) is 24.3 Å². The predicted octanol–water partition coefficient (Wildman–Crippen LogP) is 1.57. The Kier molecular flexibility index (Phi) is 6.02. The fourth-order valence-electron chi connectivity index (χ4n) is 2.71. The summed E-state index contributed by atoms with van der Waals surface area (Å²) in [6.45, 7) is 1.68. The van der Waals surface area contributed by atoms with Gasteiger partial charge in [0.25, 0.3) is 5.91 Å². The molecule has 3 N–H and O–H groups in total. The number of carbonyl (C=O) groups excluding carboxylic acids is 1. The Morgan fingerprint density at radius 3 is 2.71 bits per heavy atom. The minimum Gasteiger partial charge on any atom is -0.491 e. The lowest BCUT2D eigenvalue weighted by Gasteiger charge is -2.19. The largest absolute Gasteiger partial charge is 0.491 e. The number of nitrogens with one attached hydrogen (secondary N) is 1. The van der Waals surface area contributed by atoms with Crippen LogP contribution in [-0.4, -0.2) is 38.8 Å². The van der Waals surface area contributed by atoms with Gasteiger partial charge in [0.15, 0.2) is 0 Å². The lowest BCUT2D eigenvalue weighted by Crippen LogP contribution is -2.39. The molecule has 0 bridgehead atoms. The summed E-state index contributed by atoms with van der Waals surface area (Å²) in [4.78, 5) is 12.2. The second-order valence-electron chi connectivity index (χ2n) is 5.37. The van der Waals surface area contributed by atoms with Crippen LogP contribution in [0.25, 0.3) is 0 Å². The zero-order valence-corrected chi connectivity index (χ0v) is 12.5. The van der Waals surface area contributed by atoms with Crippen molar-refractivity contribution >= 4 is 5.91 Å². The van der Waals surface area contributed by atoms with Crippen LogP contribution in [0.1, 0.15) is 29.6 Å². The topological polar surface area (TPSA) is 73.6 Å². The van der Waals surface area contributed by atoms with Crippen LogP contribution >= 0.6 is 0 Å². The molecule has 0 saturated heterocycles. The molecule has 2 atom stereocenters. The molecule has 1 aliphatic carbocycles. The Labute approximate surface area is 125 Å². The standard InChI is InChI=1S/C16H24N2O3/c1-20-9-10-21-14-7-5-12(6-8-14)16(19)18-15-4-2-3-13(15)11-17/h5-8,13,15H,2-4,9-11,17H2,1H3,(H,18,19). The van der Waals surface area contributed by atoms with Crippen LogP contribution in [0.4, 0.5) is 0 Å². The van der Waals surface area contributed by atoms with E-state index < -0.39 is 0 Å². The minimum atomic E-state index is -0.0382. The number of hydrogen-bond donors (Lipinski definition) is 2. The quantitative estimate of drug-likeness (QED) is 0.748. The Balaban J connectivity index is 1.87. The summed E-state index contributed by atoms with van der Waals surface area (Å²) in [6, 6.07) is 7.38. The Hall–Kier alpha value is -1.59. The number of hydrogen-bond acceptors (Lipinski definition) is 4. The summed E-state index contributed by atoms with van der Waals surface area (Å²) in [6.07, 6.45) is 3.26. The van der Waals surface area contributed by atoms with Crippen LogP contribution in [0, 0.1) is 5.92 Å². The lowest BCUT2D eigenvalue weighted by atomic mass is 10.0. The molecule has 21 heavy (non-hydrogen) atoms. The highest BCUT2D eigenvalue weighted by Gasteiger charge is 2.27. The zero-order valence-electron chi connectivity index (χ0n) is 12.5. The van der Waals surface area contributed by atoms with Crippen molar-refractivity contribution in [3.8, 4) is 5.75 Å². The molecule has 1 fully saturated rings. The fourth-order valence-corrected chi connectivity index (χ4v) is 2.71. The van der Waals surface area contributed by atoms with E-state index in [-0.39, 0.29) is 11.9 Å². The predicted molar refractivity (Wildman–Crippen MR) is 81.5 cm³/mol. The van der Waals surface area contributed by atoms with E-state index in [4.69, 9.17) is 15.2 Å². The van der Waals surface area contributed by atoms with Gasteiger partial charge in [-0.15, -0.1) is 0 Å². The molecule has 2 unspecified atom stereocenters. The summed E-state index contributed by atoms with van der Waals surface area (Å²) >= 11 is 0. The molecule has 1 amide bonds. The first-order valence-corrected chi connectivity index (χ1v) is 7.47. The van der Waals surface area contributed by atoms with Gasteiger partial charge >= 0.3 is 0 Å². The van der Waals surface area contributed by atoms with Crippen molar-refractivity contribution in [3.05, 3.63) is 29.8 Å². The van der Waals surface area contributed by atoms with Gasteiger partial charge in [-0.05, 0) is 49.6 Å². The number of nitrogens with two attached hydrogens (primary N) is 1. The number of carbonyl (C=O) groups is 1. The van der Waals surface area contributed by atoms with E-state index in [9.17, 15) is 4.79 Å². The monoisotopic (exact) mass is 292 g/mol. The zero-order chi connectivity index (χ0) is 15.1. The molecule has 2 rings (SSSR count). The first kappa shape index (κ1) is 15.8. The molecule has 1 aliphatic rings. The van der Waals surface area contributed by atoms with Crippen molar-refractivity contribution in [2.24, 2.45) is 11.7 Å². The summed E-state index contributed by atoms with van der Waals surface area (Å²) in [7, 11) is 1.63. The van der Waals surface area contributed by atoms with E-state index in [1.54, 1.807) is 31.4 Å². The van der Waals surface area contributed by atoms with Gasteiger partial charge in [0.05, 0.1) is 6.61 Å². The maximum Gasteiger partial charge on any atom is 0.251 e. The van der Waals surface area contributed by atoms with E-state index >= 15 is 0 Å². The molecule has 0 spiro atoms. The number of rotatable bonds is 7. The van der Waals surface area contributed by atoms with E-state index in [0.717, 1.165) is 25.0 Å². The van der Waals surface area contributed by atoms with Crippen LogP contribution in [0.5, 0.6) is 5.75 Å². The highest BCUT2D eigenvalue weighted by molar-refractivity contribution is 5.94. The van der Waals surface area contributed by atoms with E-state index in [2.05, 4.69) is 5.32 Å². The Morgan fingerprint density at radius 1 is 1.29 bits per heavy atom. The second-order valence-corrected chi connectivity index (χ2v) is 5.37. The highest BCUT2D eigenvalue weighted by Crippen LogP contribution is 2.25. The van der Waals surface area contributed by atoms with Crippen LogP contribution in [0.2, 0.25) is 0 Å². The number of ether oxygens (including phenoxy) is 2. The van der Waals surface area contributed by atoms with Crippen molar-refractivity contribution in [1.82, 2.24) is 5.32 Å². The van der Waals surface area contributed by atoms with Gasteiger partial charge in [-0.3, -0.25) is 4.79 Å². The van der Waals surface area contributed by atoms with Crippen molar-refractivity contribution in [2.75, 3.05) is 26.9 Å². The average Bonchev–Trinajstić information content (AvgIpc) is 2.95. The van der Waals surface area contributed by atoms with Gasteiger partial charge in [-0.1, -0.05) is 6.42 Å². The molecule has 0 aromatic heterocycles. The van der Waals surface area contributed by atoms with Crippen LogP contribution in [-0.2, 0) is 4.74 Å². The molecule has 0 aliphatic heterocycles. The summed E-state index contributed by atoms with van der Waals surface area (Å²) in [5, 5.41) is 3.09. The normalized spacial score (nSPS) is 21.2. The van der Waals surface area contributed by atoms with E-state index in [0.29, 0.717) is 31.2 Å². The molecule has 5 nitrogen and oxygen atoms in total. The summed E-state index contributed by atoms with van der Waals surface area (Å²) < 4.78 is 10.4. The summed E-state index contributed by atoms with van der Waals surface area (Å²) in [5.74, 6) is 1.11. The van der Waals surface area contributed by atoms with Gasteiger partial charge < -0.3 is 20.5 Å². The third kappa shape index (κ3) is 4.44. The first-order valence-electron chi connectivity index (χ1n) is 7.47. The maximum atomic E-state index is 12.2. The fraction of sp³-hybridized carbons (Fsp3) is 0.562. The minimum absolute atomic E-state index is 0.0382. The molecule has 1 aromatic rings. The van der Waals surface area contributed by atoms with Gasteiger partial charge in [-0.2, -0.15) is 0 Å². The third-order valence-corrected chi connectivity index (χ3v) is 3.95. The van der Waals surface area contributed by atoms with E-state index in [1.807, 2.05) is 0 Å². The molecule has 5 heteroatoms. The van der Waals surface area contributed by atoms with Crippen LogP contribution in [0.3, 0.4) is 0 Å². The van der Waals surface area contributed by atoms with Crippen molar-refractivity contribution in [1.29, 1.82) is 0 Å². The summed E-state index contributed by atoms with van der Waals surface area (Å²) in [5.41, 5.74) is 6.39. The van der Waals surface area contributed by atoms with Crippen molar-refractivity contribution < 1.29 is 14.3 Å². The van der Waals surface area contributed by atoms with Crippen molar-refractivity contribution in [2.45, 2.75) is 25.3 Å². The van der Waals surface area contributed by atoms with E-state index in [1.165, 1.54) is 0 Å². The highest BCUT2D eigenvalue weighted by atomic mass is 16.5. The Bertz CT molecular complexity index is 447. The molecule has 1 saturated carbocycles. The van der Waals surface area contributed by atoms with Crippen LogP contribution < -0.4 is 15.8 Å². The van der Waals surface area contributed by atoms with Gasteiger partial charge in [0.2, 0.25) is 0 Å². The number of benzene rings is 1. The molecule has 0 heterocycles. The third-order valence-electron chi connectivity index (χ3n) is 3.95. The lowest BCUT2D eigenvalue weighted by molar-refractivity contribution is 0.0928.